The molecule has 124 valence electrons. The molecule has 4 N–H and O–H groups in total. The molecule has 1 aromatic carbocycles. The van der Waals surface area contributed by atoms with E-state index in [0.29, 0.717) is 18.0 Å². The normalized spacial score (nSPS) is 16.2. The van der Waals surface area contributed by atoms with Crippen LogP contribution in [0.15, 0.2) is 29.6 Å². The van der Waals surface area contributed by atoms with E-state index in [9.17, 15) is 14.4 Å². The Hall–Kier alpha value is -2.74. The number of nitrogens with one attached hydrogen (secondary N) is 2. The minimum atomic E-state index is -0.635. The van der Waals surface area contributed by atoms with Crippen LogP contribution in [-0.4, -0.2) is 22.7 Å². The van der Waals surface area contributed by atoms with Gasteiger partial charge >= 0.3 is 0 Å². The summed E-state index contributed by atoms with van der Waals surface area (Å²) in [5, 5.41) is 7.30. The van der Waals surface area contributed by atoms with Gasteiger partial charge < -0.3 is 16.4 Å². The maximum absolute atomic E-state index is 12.1. The number of hydrogen-bond acceptors (Lipinski definition) is 5. The third kappa shape index (κ3) is 3.60. The molecule has 1 aromatic heterocycles. The number of anilines is 2. The first kappa shape index (κ1) is 16.1. The van der Waals surface area contributed by atoms with E-state index in [1.54, 1.807) is 0 Å². The summed E-state index contributed by atoms with van der Waals surface area (Å²) in [4.78, 5) is 39.0. The minimum absolute atomic E-state index is 0.0632. The van der Waals surface area contributed by atoms with E-state index in [2.05, 4.69) is 15.6 Å². The van der Waals surface area contributed by atoms with Gasteiger partial charge in [-0.3, -0.25) is 14.4 Å². The Labute approximate surface area is 142 Å². The number of hydrogen-bond donors (Lipinski definition) is 3. The summed E-state index contributed by atoms with van der Waals surface area (Å²) in [6.45, 7) is 0. The maximum Gasteiger partial charge on any atom is 0.268 e. The van der Waals surface area contributed by atoms with Crippen LogP contribution in [0.2, 0.25) is 0 Å². The second kappa shape index (κ2) is 6.79. The highest BCUT2D eigenvalue weighted by molar-refractivity contribution is 7.14. The molecule has 0 saturated heterocycles. The van der Waals surface area contributed by atoms with Crippen LogP contribution >= 0.6 is 11.3 Å². The number of thiazole rings is 1. The van der Waals surface area contributed by atoms with E-state index in [1.165, 1.54) is 5.38 Å². The Kier molecular flexibility index (Phi) is 4.57. The number of primary amides is 1. The summed E-state index contributed by atoms with van der Waals surface area (Å²) in [5.74, 6) is -1.17. The van der Waals surface area contributed by atoms with Crippen molar-refractivity contribution < 1.29 is 14.4 Å². The van der Waals surface area contributed by atoms with Crippen molar-refractivity contribution in [2.75, 3.05) is 10.6 Å². The molecule has 0 bridgehead atoms. The third-order valence-electron chi connectivity index (χ3n) is 3.84. The molecule has 1 aliphatic heterocycles. The number of nitrogens with zero attached hydrogens (tertiary/aromatic N) is 1. The smallest absolute Gasteiger partial charge is 0.268 e. The van der Waals surface area contributed by atoms with Gasteiger partial charge in [0.2, 0.25) is 11.8 Å². The van der Waals surface area contributed by atoms with Crippen molar-refractivity contribution in [3.63, 3.8) is 0 Å². The fraction of sp³-hybridized carbons (Fsp3) is 0.250. The Morgan fingerprint density at radius 3 is 2.92 bits per heavy atom. The zero-order valence-corrected chi connectivity index (χ0v) is 13.6. The molecule has 2 heterocycles. The van der Waals surface area contributed by atoms with E-state index >= 15 is 0 Å². The van der Waals surface area contributed by atoms with Crippen LogP contribution < -0.4 is 16.4 Å². The molecule has 0 saturated carbocycles. The number of aromatic nitrogens is 1. The highest BCUT2D eigenvalue weighted by Crippen LogP contribution is 2.27. The fourth-order valence-electron chi connectivity index (χ4n) is 2.58. The largest absolute Gasteiger partial charge is 0.364 e. The lowest BCUT2D eigenvalue weighted by Crippen LogP contribution is -2.30. The van der Waals surface area contributed by atoms with Gasteiger partial charge in [0.05, 0.1) is 0 Å². The Morgan fingerprint density at radius 2 is 2.17 bits per heavy atom. The fourth-order valence-corrected chi connectivity index (χ4v) is 3.29. The van der Waals surface area contributed by atoms with Crippen LogP contribution in [0.3, 0.4) is 0 Å². The molecule has 2 aromatic rings. The molecular formula is C16H16N4O3S. The lowest BCUT2D eigenvalue weighted by atomic mass is 9.89. The molecule has 1 unspecified atom stereocenters. The molecule has 3 rings (SSSR count). The van der Waals surface area contributed by atoms with Crippen molar-refractivity contribution in [1.29, 1.82) is 0 Å². The minimum Gasteiger partial charge on any atom is -0.364 e. The van der Waals surface area contributed by atoms with Crippen molar-refractivity contribution in [3.05, 3.63) is 40.9 Å². The van der Waals surface area contributed by atoms with Crippen LogP contribution in [0.4, 0.5) is 10.8 Å². The summed E-state index contributed by atoms with van der Waals surface area (Å²) >= 11 is 1.14. The summed E-state index contributed by atoms with van der Waals surface area (Å²) in [6, 6.07) is 7.65. The Bertz CT molecular complexity index is 802. The average Bonchev–Trinajstić information content (AvgIpc) is 3.01. The zero-order chi connectivity index (χ0) is 17.1. The molecule has 0 spiro atoms. The van der Waals surface area contributed by atoms with Crippen LogP contribution in [0, 0.1) is 5.92 Å². The van der Waals surface area contributed by atoms with Crippen molar-refractivity contribution in [1.82, 2.24) is 4.98 Å². The number of carbonyl (C=O) groups is 3. The van der Waals surface area contributed by atoms with Crippen molar-refractivity contribution in [2.45, 2.75) is 19.3 Å². The highest BCUT2D eigenvalue weighted by Gasteiger charge is 2.26. The molecule has 8 heteroatoms. The lowest BCUT2D eigenvalue weighted by molar-refractivity contribution is -0.121. The van der Waals surface area contributed by atoms with Gasteiger partial charge in [0.25, 0.3) is 5.91 Å². The van der Waals surface area contributed by atoms with E-state index in [-0.39, 0.29) is 29.8 Å². The van der Waals surface area contributed by atoms with Crippen LogP contribution in [0.25, 0.3) is 0 Å². The van der Waals surface area contributed by atoms with Gasteiger partial charge in [-0.2, -0.15) is 0 Å². The van der Waals surface area contributed by atoms with Gasteiger partial charge in [-0.15, -0.1) is 11.3 Å². The van der Waals surface area contributed by atoms with Crippen molar-refractivity contribution in [3.8, 4) is 0 Å². The molecule has 0 radical (unpaired) electrons. The Balaban J connectivity index is 1.54. The van der Waals surface area contributed by atoms with Gasteiger partial charge in [0, 0.05) is 23.4 Å². The molecule has 1 aliphatic rings. The van der Waals surface area contributed by atoms with E-state index < -0.39 is 5.91 Å². The summed E-state index contributed by atoms with van der Waals surface area (Å²) in [7, 11) is 0. The second-order valence-electron chi connectivity index (χ2n) is 5.54. The number of benzene rings is 1. The van der Waals surface area contributed by atoms with Gasteiger partial charge in [0.15, 0.2) is 5.13 Å². The predicted octanol–water partition coefficient (Wildman–Crippen LogP) is 1.77. The number of para-hydroxylation sites is 1. The monoisotopic (exact) mass is 344 g/mol. The molecule has 0 fully saturated rings. The van der Waals surface area contributed by atoms with Crippen LogP contribution in [0.1, 0.15) is 28.9 Å². The van der Waals surface area contributed by atoms with Crippen LogP contribution in [0.5, 0.6) is 0 Å². The van der Waals surface area contributed by atoms with E-state index in [4.69, 9.17) is 5.73 Å². The maximum atomic E-state index is 12.1. The Morgan fingerprint density at radius 1 is 1.38 bits per heavy atom. The number of amides is 3. The molecule has 3 amide bonds. The second-order valence-corrected chi connectivity index (χ2v) is 6.39. The SMILES string of the molecule is NC(=O)c1csc(NC(=O)CCC2Cc3ccccc3NC2=O)n1. The molecule has 24 heavy (non-hydrogen) atoms. The van der Waals surface area contributed by atoms with E-state index in [0.717, 1.165) is 22.6 Å². The van der Waals surface area contributed by atoms with Crippen molar-refractivity contribution in [2.24, 2.45) is 11.7 Å². The first-order valence-electron chi connectivity index (χ1n) is 7.47. The molecule has 7 nitrogen and oxygen atoms in total. The summed E-state index contributed by atoms with van der Waals surface area (Å²) in [5.41, 5.74) is 7.16. The van der Waals surface area contributed by atoms with E-state index in [1.807, 2.05) is 24.3 Å². The summed E-state index contributed by atoms with van der Waals surface area (Å²) in [6.07, 6.45) is 1.27. The average molecular weight is 344 g/mol. The number of nitrogens with two attached hydrogens (primary N) is 1. The van der Waals surface area contributed by atoms with Gasteiger partial charge in [-0.1, -0.05) is 18.2 Å². The van der Waals surface area contributed by atoms with Gasteiger partial charge in [0.1, 0.15) is 5.69 Å². The number of carbonyl (C=O) groups excluding carboxylic acids is 3. The number of rotatable bonds is 5. The van der Waals surface area contributed by atoms with Crippen LogP contribution in [-0.2, 0) is 16.0 Å². The van der Waals surface area contributed by atoms with Gasteiger partial charge in [-0.05, 0) is 24.5 Å². The summed E-state index contributed by atoms with van der Waals surface area (Å²) < 4.78 is 0. The van der Waals surface area contributed by atoms with Crippen molar-refractivity contribution >= 4 is 39.9 Å². The molecular weight excluding hydrogens is 328 g/mol. The van der Waals surface area contributed by atoms with Gasteiger partial charge in [-0.25, -0.2) is 4.98 Å². The predicted molar refractivity (Wildman–Crippen MR) is 90.8 cm³/mol. The topological polar surface area (TPSA) is 114 Å². The first-order chi connectivity index (χ1) is 11.5. The quantitative estimate of drug-likeness (QED) is 0.767. The standard InChI is InChI=1S/C16H16N4O3S/c17-14(22)12-8-24-16(19-12)20-13(21)6-5-10-7-9-3-1-2-4-11(9)18-15(10)23/h1-4,8,10H,5-7H2,(H2,17,22)(H,18,23)(H,19,20,21). The third-order valence-corrected chi connectivity index (χ3v) is 4.59. The molecule has 0 aliphatic carbocycles. The number of fused-ring (bicyclic) bond motifs is 1. The molecule has 1 atom stereocenters. The zero-order valence-electron chi connectivity index (χ0n) is 12.7. The lowest BCUT2D eigenvalue weighted by Gasteiger charge is -2.24. The first-order valence-corrected chi connectivity index (χ1v) is 8.35. The highest BCUT2D eigenvalue weighted by atomic mass is 32.1.